The van der Waals surface area contributed by atoms with E-state index in [1.807, 2.05) is 18.8 Å². The van der Waals surface area contributed by atoms with Crippen LogP contribution in [0.5, 0.6) is 0 Å². The molecule has 0 radical (unpaired) electrons. The SMILES string of the molecule is CNc1nc(C2CC2)nc(SC2CCOCC2)c1C. The molecule has 1 aliphatic carbocycles. The molecule has 19 heavy (non-hydrogen) atoms. The zero-order valence-electron chi connectivity index (χ0n) is 11.6. The Labute approximate surface area is 118 Å². The van der Waals surface area contributed by atoms with Crippen molar-refractivity contribution in [1.29, 1.82) is 0 Å². The first-order valence-electron chi connectivity index (χ1n) is 7.08. The fraction of sp³-hybridized carbons (Fsp3) is 0.714. The summed E-state index contributed by atoms with van der Waals surface area (Å²) >= 11 is 1.91. The van der Waals surface area contributed by atoms with Crippen LogP contribution in [0.3, 0.4) is 0 Å². The van der Waals surface area contributed by atoms with Crippen molar-refractivity contribution in [2.45, 2.75) is 48.8 Å². The van der Waals surface area contributed by atoms with Crippen molar-refractivity contribution in [3.05, 3.63) is 11.4 Å². The summed E-state index contributed by atoms with van der Waals surface area (Å²) in [6.07, 6.45) is 4.74. The second-order valence-corrected chi connectivity index (χ2v) is 6.60. The molecule has 1 saturated carbocycles. The standard InChI is InChI=1S/C14H21N3OS/c1-9-12(15-2)16-13(10-3-4-10)17-14(9)19-11-5-7-18-8-6-11/h10-11H,3-8H2,1-2H3,(H,15,16,17). The Hall–Kier alpha value is -0.810. The van der Waals surface area contributed by atoms with Crippen molar-refractivity contribution in [1.82, 2.24) is 9.97 Å². The number of anilines is 1. The summed E-state index contributed by atoms with van der Waals surface area (Å²) < 4.78 is 5.43. The lowest BCUT2D eigenvalue weighted by atomic mass is 10.2. The molecule has 2 fully saturated rings. The number of thioether (sulfide) groups is 1. The normalized spacial score (nSPS) is 20.5. The van der Waals surface area contributed by atoms with E-state index in [0.29, 0.717) is 11.2 Å². The van der Waals surface area contributed by atoms with Gasteiger partial charge in [0.25, 0.3) is 0 Å². The van der Waals surface area contributed by atoms with Crippen LogP contribution in [-0.4, -0.2) is 35.5 Å². The van der Waals surface area contributed by atoms with Gasteiger partial charge in [0.15, 0.2) is 0 Å². The first-order chi connectivity index (χ1) is 9.28. The van der Waals surface area contributed by atoms with Crippen molar-refractivity contribution in [3.63, 3.8) is 0 Å². The van der Waals surface area contributed by atoms with Crippen molar-refractivity contribution in [2.24, 2.45) is 0 Å². The summed E-state index contributed by atoms with van der Waals surface area (Å²) in [6.45, 7) is 3.89. The second kappa shape index (κ2) is 5.67. The number of nitrogens with zero attached hydrogens (tertiary/aromatic N) is 2. The van der Waals surface area contributed by atoms with Gasteiger partial charge >= 0.3 is 0 Å². The number of hydrogen-bond donors (Lipinski definition) is 1. The second-order valence-electron chi connectivity index (χ2n) is 5.31. The molecule has 104 valence electrons. The average Bonchev–Trinajstić information content (AvgIpc) is 3.27. The summed E-state index contributed by atoms with van der Waals surface area (Å²) in [7, 11) is 1.94. The Bertz CT molecular complexity index is 456. The molecule has 0 spiro atoms. The molecule has 1 aliphatic heterocycles. The molecule has 0 unspecified atom stereocenters. The van der Waals surface area contributed by atoms with Crippen LogP contribution in [-0.2, 0) is 4.74 Å². The Morgan fingerprint density at radius 1 is 1.16 bits per heavy atom. The summed E-state index contributed by atoms with van der Waals surface area (Å²) in [5, 5.41) is 5.01. The van der Waals surface area contributed by atoms with E-state index in [2.05, 4.69) is 17.2 Å². The van der Waals surface area contributed by atoms with Gasteiger partial charge < -0.3 is 10.1 Å². The molecule has 0 bridgehead atoms. The number of nitrogens with one attached hydrogen (secondary N) is 1. The maximum absolute atomic E-state index is 5.43. The zero-order valence-corrected chi connectivity index (χ0v) is 12.4. The summed E-state index contributed by atoms with van der Waals surface area (Å²) in [5.74, 6) is 2.62. The zero-order chi connectivity index (χ0) is 13.2. The molecule has 0 aromatic carbocycles. The number of rotatable bonds is 4. The van der Waals surface area contributed by atoms with Crippen molar-refractivity contribution in [2.75, 3.05) is 25.6 Å². The number of hydrogen-bond acceptors (Lipinski definition) is 5. The molecule has 2 aliphatic rings. The average molecular weight is 279 g/mol. The van der Waals surface area contributed by atoms with Crippen LogP contribution in [0, 0.1) is 6.92 Å². The van der Waals surface area contributed by atoms with Crippen molar-refractivity contribution < 1.29 is 4.74 Å². The van der Waals surface area contributed by atoms with E-state index in [9.17, 15) is 0 Å². The number of aromatic nitrogens is 2. The highest BCUT2D eigenvalue weighted by atomic mass is 32.2. The van der Waals surface area contributed by atoms with E-state index >= 15 is 0 Å². The van der Waals surface area contributed by atoms with Crippen molar-refractivity contribution in [3.8, 4) is 0 Å². The van der Waals surface area contributed by atoms with E-state index in [4.69, 9.17) is 9.72 Å². The molecule has 1 N–H and O–H groups in total. The predicted octanol–water partition coefficient (Wildman–Crippen LogP) is 2.98. The van der Waals surface area contributed by atoms with Gasteiger partial charge in [-0.3, -0.25) is 0 Å². The maximum Gasteiger partial charge on any atom is 0.135 e. The minimum Gasteiger partial charge on any atom is -0.381 e. The third-order valence-electron chi connectivity index (χ3n) is 3.74. The largest absolute Gasteiger partial charge is 0.381 e. The molecule has 2 heterocycles. The Morgan fingerprint density at radius 2 is 1.89 bits per heavy atom. The van der Waals surface area contributed by atoms with Crippen LogP contribution in [0.25, 0.3) is 0 Å². The predicted molar refractivity (Wildman–Crippen MR) is 78.0 cm³/mol. The fourth-order valence-corrected chi connectivity index (χ4v) is 3.51. The van der Waals surface area contributed by atoms with Gasteiger partial charge in [-0.05, 0) is 32.6 Å². The number of ether oxygens (including phenoxy) is 1. The highest BCUT2D eigenvalue weighted by Crippen LogP contribution is 2.41. The van der Waals surface area contributed by atoms with Gasteiger partial charge in [-0.25, -0.2) is 9.97 Å². The minimum atomic E-state index is 0.599. The van der Waals surface area contributed by atoms with E-state index in [1.165, 1.54) is 18.4 Å². The quantitative estimate of drug-likeness (QED) is 0.859. The van der Waals surface area contributed by atoms with Crippen molar-refractivity contribution >= 4 is 17.6 Å². The molecular weight excluding hydrogens is 258 g/mol. The fourth-order valence-electron chi connectivity index (χ4n) is 2.35. The third-order valence-corrected chi connectivity index (χ3v) is 5.17. The third kappa shape index (κ3) is 3.03. The molecular formula is C14H21N3OS. The van der Waals surface area contributed by atoms with Crippen LogP contribution < -0.4 is 5.32 Å². The van der Waals surface area contributed by atoms with E-state index in [1.54, 1.807) is 0 Å². The first kappa shape index (κ1) is 13.2. The van der Waals surface area contributed by atoms with Gasteiger partial charge in [-0.2, -0.15) is 0 Å². The lowest BCUT2D eigenvalue weighted by Gasteiger charge is -2.22. The molecule has 0 atom stereocenters. The highest BCUT2D eigenvalue weighted by molar-refractivity contribution is 7.99. The lowest BCUT2D eigenvalue weighted by molar-refractivity contribution is 0.1000. The lowest BCUT2D eigenvalue weighted by Crippen LogP contribution is -2.18. The summed E-state index contributed by atoms with van der Waals surface area (Å²) in [4.78, 5) is 9.45. The van der Waals surface area contributed by atoms with Crippen LogP contribution in [0.4, 0.5) is 5.82 Å². The van der Waals surface area contributed by atoms with Crippen LogP contribution >= 0.6 is 11.8 Å². The molecule has 3 rings (SSSR count). The highest BCUT2D eigenvalue weighted by Gasteiger charge is 2.28. The van der Waals surface area contributed by atoms with Crippen LogP contribution in [0.2, 0.25) is 0 Å². The monoisotopic (exact) mass is 279 g/mol. The van der Waals surface area contributed by atoms with E-state index in [-0.39, 0.29) is 0 Å². The smallest absolute Gasteiger partial charge is 0.135 e. The van der Waals surface area contributed by atoms with Gasteiger partial charge in [0.1, 0.15) is 16.7 Å². The van der Waals surface area contributed by atoms with Gasteiger partial charge in [0.05, 0.1) is 0 Å². The summed E-state index contributed by atoms with van der Waals surface area (Å²) in [5.41, 5.74) is 1.18. The van der Waals surface area contributed by atoms with Crippen LogP contribution in [0.15, 0.2) is 5.03 Å². The van der Waals surface area contributed by atoms with Crippen LogP contribution in [0.1, 0.15) is 43.0 Å². The summed E-state index contributed by atoms with van der Waals surface area (Å²) in [6, 6.07) is 0. The van der Waals surface area contributed by atoms with Gasteiger partial charge in [-0.1, -0.05) is 0 Å². The molecule has 0 amide bonds. The molecule has 5 heteroatoms. The Kier molecular flexibility index (Phi) is 3.93. The maximum atomic E-state index is 5.43. The van der Waals surface area contributed by atoms with E-state index < -0.39 is 0 Å². The molecule has 1 saturated heterocycles. The first-order valence-corrected chi connectivity index (χ1v) is 7.96. The topological polar surface area (TPSA) is 47.0 Å². The molecule has 1 aromatic heterocycles. The van der Waals surface area contributed by atoms with Gasteiger partial charge in [0, 0.05) is 37.0 Å². The molecule has 4 nitrogen and oxygen atoms in total. The Morgan fingerprint density at radius 3 is 2.53 bits per heavy atom. The minimum absolute atomic E-state index is 0.599. The van der Waals surface area contributed by atoms with Gasteiger partial charge in [0.2, 0.25) is 0 Å². The van der Waals surface area contributed by atoms with E-state index in [0.717, 1.165) is 42.7 Å². The Balaban J connectivity index is 1.83. The molecule has 1 aromatic rings. The van der Waals surface area contributed by atoms with Gasteiger partial charge in [-0.15, -0.1) is 11.8 Å².